The van der Waals surface area contributed by atoms with Crippen molar-refractivity contribution in [3.05, 3.63) is 71.7 Å². The van der Waals surface area contributed by atoms with Crippen LogP contribution >= 0.6 is 50.1 Å². The third-order valence-electron chi connectivity index (χ3n) is 3.14. The standard InChI is InChI=1S/C15H9BrClIN2O/c16-10-2-1-9(13(17)5-10)7-20-8-19-14-4-3-11(18)6-12(14)15(20)21/h1-6,8H,7H2. The zero-order chi connectivity index (χ0) is 15.0. The number of aromatic nitrogens is 2. The molecule has 21 heavy (non-hydrogen) atoms. The third kappa shape index (κ3) is 3.14. The van der Waals surface area contributed by atoms with Crippen LogP contribution in [0.1, 0.15) is 5.56 Å². The van der Waals surface area contributed by atoms with Crippen LogP contribution in [0.4, 0.5) is 0 Å². The van der Waals surface area contributed by atoms with E-state index in [1.54, 1.807) is 10.9 Å². The molecule has 0 radical (unpaired) electrons. The molecule has 0 saturated heterocycles. The molecule has 3 nitrogen and oxygen atoms in total. The molecule has 0 saturated carbocycles. The summed E-state index contributed by atoms with van der Waals surface area (Å²) in [6.45, 7) is 0.402. The van der Waals surface area contributed by atoms with Gasteiger partial charge in [0.05, 0.1) is 23.8 Å². The second-order valence-electron chi connectivity index (χ2n) is 4.57. The van der Waals surface area contributed by atoms with Gasteiger partial charge in [-0.2, -0.15) is 0 Å². The molecule has 3 aromatic rings. The minimum atomic E-state index is -0.0579. The van der Waals surface area contributed by atoms with Gasteiger partial charge in [-0.25, -0.2) is 4.98 Å². The molecule has 6 heteroatoms. The van der Waals surface area contributed by atoms with E-state index >= 15 is 0 Å². The zero-order valence-electron chi connectivity index (χ0n) is 10.7. The van der Waals surface area contributed by atoms with Gasteiger partial charge < -0.3 is 0 Å². The average Bonchev–Trinajstić information content (AvgIpc) is 2.45. The first-order valence-electron chi connectivity index (χ1n) is 6.13. The van der Waals surface area contributed by atoms with Crippen LogP contribution in [-0.4, -0.2) is 9.55 Å². The first-order chi connectivity index (χ1) is 10.0. The topological polar surface area (TPSA) is 34.9 Å². The lowest BCUT2D eigenvalue weighted by Crippen LogP contribution is -2.21. The SMILES string of the molecule is O=c1c2cc(I)ccc2ncn1Cc1ccc(Br)cc1Cl. The van der Waals surface area contributed by atoms with Gasteiger partial charge >= 0.3 is 0 Å². The molecule has 0 N–H and O–H groups in total. The van der Waals surface area contributed by atoms with Crippen molar-refractivity contribution in [1.82, 2.24) is 9.55 Å². The highest BCUT2D eigenvalue weighted by Crippen LogP contribution is 2.22. The van der Waals surface area contributed by atoms with E-state index in [-0.39, 0.29) is 5.56 Å². The van der Waals surface area contributed by atoms with Crippen LogP contribution in [0.25, 0.3) is 10.9 Å². The summed E-state index contributed by atoms with van der Waals surface area (Å²) in [6.07, 6.45) is 1.57. The summed E-state index contributed by atoms with van der Waals surface area (Å²) in [5.41, 5.74) is 1.53. The molecule has 0 atom stereocenters. The Balaban J connectivity index is 2.09. The van der Waals surface area contributed by atoms with E-state index in [0.29, 0.717) is 22.5 Å². The van der Waals surface area contributed by atoms with Gasteiger partial charge in [-0.1, -0.05) is 33.6 Å². The number of hydrogen-bond donors (Lipinski definition) is 0. The fraction of sp³-hybridized carbons (Fsp3) is 0.0667. The van der Waals surface area contributed by atoms with E-state index < -0.39 is 0 Å². The van der Waals surface area contributed by atoms with Crippen LogP contribution in [0.3, 0.4) is 0 Å². The van der Waals surface area contributed by atoms with Gasteiger partial charge in [0.15, 0.2) is 0 Å². The molecule has 0 spiro atoms. The highest BCUT2D eigenvalue weighted by Gasteiger charge is 2.07. The van der Waals surface area contributed by atoms with Gasteiger partial charge in [0.1, 0.15) is 0 Å². The number of fused-ring (bicyclic) bond motifs is 1. The zero-order valence-corrected chi connectivity index (χ0v) is 15.2. The van der Waals surface area contributed by atoms with E-state index in [2.05, 4.69) is 43.5 Å². The molecule has 2 aromatic carbocycles. The Kier molecular flexibility index (Phi) is 4.33. The normalized spacial score (nSPS) is 11.0. The van der Waals surface area contributed by atoms with E-state index in [1.165, 1.54) is 0 Å². The summed E-state index contributed by atoms with van der Waals surface area (Å²) in [5, 5.41) is 1.25. The molecule has 0 aliphatic rings. The maximum Gasteiger partial charge on any atom is 0.261 e. The quantitative estimate of drug-likeness (QED) is 0.513. The molecule has 0 unspecified atom stereocenters. The van der Waals surface area contributed by atoms with Crippen molar-refractivity contribution in [2.45, 2.75) is 6.54 Å². The highest BCUT2D eigenvalue weighted by atomic mass is 127. The Hall–Kier alpha value is -0.920. The first kappa shape index (κ1) is 15.0. The van der Waals surface area contributed by atoms with Crippen molar-refractivity contribution in [3.63, 3.8) is 0 Å². The lowest BCUT2D eigenvalue weighted by Gasteiger charge is -2.09. The number of benzene rings is 2. The van der Waals surface area contributed by atoms with Gasteiger partial charge in [0, 0.05) is 13.1 Å². The molecule has 106 valence electrons. The van der Waals surface area contributed by atoms with Crippen LogP contribution < -0.4 is 5.56 Å². The Morgan fingerprint density at radius 3 is 2.81 bits per heavy atom. The fourth-order valence-electron chi connectivity index (χ4n) is 2.08. The minimum Gasteiger partial charge on any atom is -0.294 e. The summed E-state index contributed by atoms with van der Waals surface area (Å²) < 4.78 is 3.50. The average molecular weight is 476 g/mol. The summed E-state index contributed by atoms with van der Waals surface area (Å²) in [7, 11) is 0. The predicted molar refractivity (Wildman–Crippen MR) is 97.0 cm³/mol. The fourth-order valence-corrected chi connectivity index (χ4v) is 3.30. The number of halogens is 3. The monoisotopic (exact) mass is 474 g/mol. The predicted octanol–water partition coefficient (Wildman–Crippen LogP) is 4.47. The van der Waals surface area contributed by atoms with Gasteiger partial charge in [-0.3, -0.25) is 9.36 Å². The molecule has 3 rings (SSSR count). The number of rotatable bonds is 2. The van der Waals surface area contributed by atoms with Gasteiger partial charge in [0.25, 0.3) is 5.56 Å². The van der Waals surface area contributed by atoms with Crippen molar-refractivity contribution in [2.24, 2.45) is 0 Å². The molecule has 0 aliphatic heterocycles. The first-order valence-corrected chi connectivity index (χ1v) is 8.38. The molecule has 1 heterocycles. The summed E-state index contributed by atoms with van der Waals surface area (Å²) in [5.74, 6) is 0. The maximum absolute atomic E-state index is 12.5. The molecule has 0 fully saturated rings. The van der Waals surface area contributed by atoms with E-state index in [0.717, 1.165) is 13.6 Å². The third-order valence-corrected chi connectivity index (χ3v) is 4.66. The number of nitrogens with zero attached hydrogens (tertiary/aromatic N) is 2. The van der Waals surface area contributed by atoms with Gasteiger partial charge in [-0.15, -0.1) is 0 Å². The minimum absolute atomic E-state index is 0.0579. The molecule has 0 aliphatic carbocycles. The van der Waals surface area contributed by atoms with E-state index in [9.17, 15) is 4.79 Å². The van der Waals surface area contributed by atoms with Crippen LogP contribution in [-0.2, 0) is 6.54 Å². The molecule has 0 bridgehead atoms. The van der Waals surface area contributed by atoms with E-state index in [1.807, 2.05) is 36.4 Å². The van der Waals surface area contributed by atoms with Crippen molar-refractivity contribution in [2.75, 3.05) is 0 Å². The Labute approximate surface area is 148 Å². The van der Waals surface area contributed by atoms with Gasteiger partial charge in [-0.05, 0) is 58.5 Å². The molecular weight excluding hydrogens is 466 g/mol. The Morgan fingerprint density at radius 2 is 2.05 bits per heavy atom. The number of hydrogen-bond acceptors (Lipinski definition) is 2. The van der Waals surface area contributed by atoms with Crippen molar-refractivity contribution in [3.8, 4) is 0 Å². The van der Waals surface area contributed by atoms with Crippen molar-refractivity contribution < 1.29 is 0 Å². The Morgan fingerprint density at radius 1 is 1.24 bits per heavy atom. The molecule has 1 aromatic heterocycles. The smallest absolute Gasteiger partial charge is 0.261 e. The Bertz CT molecular complexity index is 894. The lowest BCUT2D eigenvalue weighted by atomic mass is 10.2. The van der Waals surface area contributed by atoms with E-state index in [4.69, 9.17) is 11.6 Å². The molecule has 0 amide bonds. The second kappa shape index (κ2) is 6.06. The highest BCUT2D eigenvalue weighted by molar-refractivity contribution is 14.1. The summed E-state index contributed by atoms with van der Waals surface area (Å²) in [4.78, 5) is 16.9. The van der Waals surface area contributed by atoms with Crippen LogP contribution in [0, 0.1) is 3.57 Å². The molecular formula is C15H9BrClIN2O. The van der Waals surface area contributed by atoms with Crippen molar-refractivity contribution in [1.29, 1.82) is 0 Å². The second-order valence-corrected chi connectivity index (χ2v) is 7.14. The van der Waals surface area contributed by atoms with Crippen LogP contribution in [0.15, 0.2) is 52.0 Å². The summed E-state index contributed by atoms with van der Waals surface area (Å²) in [6, 6.07) is 11.3. The van der Waals surface area contributed by atoms with Crippen LogP contribution in [0.2, 0.25) is 5.02 Å². The lowest BCUT2D eigenvalue weighted by molar-refractivity contribution is 0.748. The summed E-state index contributed by atoms with van der Waals surface area (Å²) >= 11 is 11.8. The van der Waals surface area contributed by atoms with Crippen LogP contribution in [0.5, 0.6) is 0 Å². The van der Waals surface area contributed by atoms with Gasteiger partial charge in [0.2, 0.25) is 0 Å². The maximum atomic E-state index is 12.5. The largest absolute Gasteiger partial charge is 0.294 e. The van der Waals surface area contributed by atoms with Crippen molar-refractivity contribution >= 4 is 61.0 Å².